The highest BCUT2D eigenvalue weighted by Crippen LogP contribution is 2.30. The Bertz CT molecular complexity index is 1230. The van der Waals surface area contributed by atoms with Crippen LogP contribution in [0.1, 0.15) is 5.56 Å². The van der Waals surface area contributed by atoms with Gasteiger partial charge in [-0.3, -0.25) is 14.1 Å². The van der Waals surface area contributed by atoms with Crippen LogP contribution in [0.4, 0.5) is 0 Å². The SMILES string of the molecule is O=c1cc(Cn2c(-c3ccccn3)noc2=O)c2cc(Cl)c(O)cc2o1. The van der Waals surface area contributed by atoms with E-state index in [4.69, 9.17) is 20.5 Å². The lowest BCUT2D eigenvalue weighted by molar-refractivity contribution is 0.378. The zero-order valence-electron chi connectivity index (χ0n) is 13.0. The first-order valence-corrected chi connectivity index (χ1v) is 7.84. The summed E-state index contributed by atoms with van der Waals surface area (Å²) in [5.41, 5.74) is 0.429. The summed E-state index contributed by atoms with van der Waals surface area (Å²) in [5.74, 6) is -0.686. The predicted molar refractivity (Wildman–Crippen MR) is 92.3 cm³/mol. The van der Waals surface area contributed by atoms with Gasteiger partial charge in [0.15, 0.2) is 0 Å². The fraction of sp³-hybridized carbons (Fsp3) is 0.0588. The molecule has 0 aliphatic rings. The number of hydrogen-bond donors (Lipinski definition) is 1. The molecule has 8 nitrogen and oxygen atoms in total. The van der Waals surface area contributed by atoms with Crippen LogP contribution in [-0.4, -0.2) is 19.8 Å². The number of fused-ring (bicyclic) bond motifs is 1. The summed E-state index contributed by atoms with van der Waals surface area (Å²) in [6, 6.07) is 9.12. The minimum absolute atomic E-state index is 0.0164. The summed E-state index contributed by atoms with van der Waals surface area (Å²) in [4.78, 5) is 28.1. The summed E-state index contributed by atoms with van der Waals surface area (Å²) in [5, 5.41) is 14.0. The van der Waals surface area contributed by atoms with Gasteiger partial charge in [-0.25, -0.2) is 9.59 Å². The van der Waals surface area contributed by atoms with E-state index >= 15 is 0 Å². The molecule has 0 saturated carbocycles. The van der Waals surface area contributed by atoms with Gasteiger partial charge in [0.05, 0.1) is 11.6 Å². The normalized spacial score (nSPS) is 11.1. The van der Waals surface area contributed by atoms with E-state index in [0.717, 1.165) is 0 Å². The van der Waals surface area contributed by atoms with E-state index in [1.165, 1.54) is 22.8 Å². The summed E-state index contributed by atoms with van der Waals surface area (Å²) in [6.07, 6.45) is 1.56. The van der Waals surface area contributed by atoms with Crippen LogP contribution in [0, 0.1) is 0 Å². The first-order chi connectivity index (χ1) is 12.5. The zero-order valence-corrected chi connectivity index (χ0v) is 13.8. The number of nitrogens with zero attached hydrogens (tertiary/aromatic N) is 3. The third kappa shape index (κ3) is 2.76. The Hall–Kier alpha value is -3.39. The van der Waals surface area contributed by atoms with Gasteiger partial charge < -0.3 is 9.52 Å². The van der Waals surface area contributed by atoms with Gasteiger partial charge in [-0.05, 0) is 23.8 Å². The van der Waals surface area contributed by atoms with Crippen LogP contribution in [0.5, 0.6) is 5.75 Å². The van der Waals surface area contributed by atoms with Crippen molar-refractivity contribution in [1.82, 2.24) is 14.7 Å². The number of benzene rings is 1. The number of pyridine rings is 1. The zero-order chi connectivity index (χ0) is 18.3. The van der Waals surface area contributed by atoms with Crippen molar-refractivity contribution in [1.29, 1.82) is 0 Å². The second-order valence-corrected chi connectivity index (χ2v) is 5.87. The van der Waals surface area contributed by atoms with Crippen molar-refractivity contribution in [2.45, 2.75) is 6.54 Å². The number of aromatic nitrogens is 3. The van der Waals surface area contributed by atoms with Crippen molar-refractivity contribution >= 4 is 22.6 Å². The topological polar surface area (TPSA) is 111 Å². The molecule has 0 radical (unpaired) electrons. The molecule has 0 fully saturated rings. The van der Waals surface area contributed by atoms with Crippen LogP contribution in [0.3, 0.4) is 0 Å². The fourth-order valence-electron chi connectivity index (χ4n) is 2.62. The van der Waals surface area contributed by atoms with E-state index in [1.54, 1.807) is 24.4 Å². The third-order valence-electron chi connectivity index (χ3n) is 3.81. The van der Waals surface area contributed by atoms with Crippen molar-refractivity contribution in [3.8, 4) is 17.3 Å². The summed E-state index contributed by atoms with van der Waals surface area (Å²) < 4.78 is 11.1. The van der Waals surface area contributed by atoms with Crippen molar-refractivity contribution in [2.75, 3.05) is 0 Å². The quantitative estimate of drug-likeness (QED) is 0.550. The van der Waals surface area contributed by atoms with Gasteiger partial charge in [0.25, 0.3) is 0 Å². The van der Waals surface area contributed by atoms with Crippen LogP contribution >= 0.6 is 11.6 Å². The Kier molecular flexibility index (Phi) is 3.81. The molecule has 26 heavy (non-hydrogen) atoms. The molecule has 9 heteroatoms. The molecule has 130 valence electrons. The van der Waals surface area contributed by atoms with Crippen molar-refractivity contribution in [3.05, 3.63) is 74.2 Å². The highest BCUT2D eigenvalue weighted by atomic mass is 35.5. The Morgan fingerprint density at radius 1 is 1.19 bits per heavy atom. The maximum atomic E-state index is 12.1. The average Bonchev–Trinajstić information content (AvgIpc) is 2.98. The first kappa shape index (κ1) is 16.1. The van der Waals surface area contributed by atoms with Gasteiger partial charge in [0.1, 0.15) is 17.0 Å². The number of halogens is 1. The highest BCUT2D eigenvalue weighted by Gasteiger charge is 2.17. The van der Waals surface area contributed by atoms with Gasteiger partial charge in [-0.1, -0.05) is 22.8 Å². The molecule has 1 N–H and O–H groups in total. The molecule has 0 aliphatic carbocycles. The van der Waals surface area contributed by atoms with Crippen LogP contribution < -0.4 is 11.4 Å². The number of rotatable bonds is 3. The molecule has 0 unspecified atom stereocenters. The minimum atomic E-state index is -0.697. The Morgan fingerprint density at radius 3 is 2.81 bits per heavy atom. The molecular weight excluding hydrogens is 362 g/mol. The van der Waals surface area contributed by atoms with Crippen LogP contribution in [0.25, 0.3) is 22.5 Å². The number of phenols is 1. The van der Waals surface area contributed by atoms with Gasteiger partial charge in [0.2, 0.25) is 5.82 Å². The molecule has 4 rings (SSSR count). The van der Waals surface area contributed by atoms with E-state index < -0.39 is 11.4 Å². The van der Waals surface area contributed by atoms with Crippen LogP contribution in [-0.2, 0) is 6.54 Å². The minimum Gasteiger partial charge on any atom is -0.506 e. The summed E-state index contributed by atoms with van der Waals surface area (Å²) in [7, 11) is 0. The van der Waals surface area contributed by atoms with Gasteiger partial charge in [-0.15, -0.1) is 0 Å². The molecule has 3 heterocycles. The standard InChI is InChI=1S/C17H10ClN3O5/c18-11-6-10-9(5-15(23)25-14(10)7-13(11)22)8-21-16(20-26-17(21)24)12-3-1-2-4-19-12/h1-7,22H,8H2. The fourth-order valence-corrected chi connectivity index (χ4v) is 2.79. The van der Waals surface area contributed by atoms with Crippen molar-refractivity contribution in [2.24, 2.45) is 0 Å². The molecule has 0 bridgehead atoms. The van der Waals surface area contributed by atoms with E-state index in [0.29, 0.717) is 16.6 Å². The molecule has 1 aromatic carbocycles. The lowest BCUT2D eigenvalue weighted by Gasteiger charge is -2.08. The smallest absolute Gasteiger partial charge is 0.442 e. The largest absolute Gasteiger partial charge is 0.506 e. The highest BCUT2D eigenvalue weighted by molar-refractivity contribution is 6.32. The second kappa shape index (κ2) is 6.16. The lowest BCUT2D eigenvalue weighted by atomic mass is 10.1. The second-order valence-electron chi connectivity index (χ2n) is 5.46. The molecule has 0 amide bonds. The summed E-state index contributed by atoms with van der Waals surface area (Å²) in [6.45, 7) is -0.0164. The Balaban J connectivity index is 1.89. The van der Waals surface area contributed by atoms with Crippen molar-refractivity contribution < 1.29 is 14.0 Å². The molecule has 0 aliphatic heterocycles. The predicted octanol–water partition coefficient (Wildman–Crippen LogP) is 2.41. The number of phenolic OH excluding ortho intramolecular Hbond substituents is 1. The van der Waals surface area contributed by atoms with Gasteiger partial charge in [0, 0.05) is 23.7 Å². The maximum Gasteiger partial charge on any atom is 0.442 e. The monoisotopic (exact) mass is 371 g/mol. The Morgan fingerprint density at radius 2 is 2.04 bits per heavy atom. The average molecular weight is 372 g/mol. The molecule has 0 atom stereocenters. The maximum absolute atomic E-state index is 12.1. The van der Waals surface area contributed by atoms with Crippen molar-refractivity contribution in [3.63, 3.8) is 0 Å². The summed E-state index contributed by atoms with van der Waals surface area (Å²) >= 11 is 5.96. The first-order valence-electron chi connectivity index (χ1n) is 7.46. The Labute approximate surface area is 149 Å². The van der Waals surface area contributed by atoms with E-state index in [9.17, 15) is 14.7 Å². The van der Waals surface area contributed by atoms with Crippen LogP contribution in [0.15, 0.2) is 61.1 Å². The number of hydrogen-bond acceptors (Lipinski definition) is 7. The molecule has 0 saturated heterocycles. The third-order valence-corrected chi connectivity index (χ3v) is 4.11. The van der Waals surface area contributed by atoms with E-state index in [1.807, 2.05) is 0 Å². The van der Waals surface area contributed by atoms with Gasteiger partial charge in [-0.2, -0.15) is 0 Å². The van der Waals surface area contributed by atoms with E-state index in [2.05, 4.69) is 10.1 Å². The van der Waals surface area contributed by atoms with E-state index in [-0.39, 0.29) is 28.7 Å². The van der Waals surface area contributed by atoms with Crippen LogP contribution in [0.2, 0.25) is 5.02 Å². The molecule has 0 spiro atoms. The number of aromatic hydroxyl groups is 1. The molecule has 3 aromatic heterocycles. The molecule has 4 aromatic rings. The lowest BCUT2D eigenvalue weighted by Crippen LogP contribution is -2.17. The molecular formula is C17H10ClN3O5. The van der Waals surface area contributed by atoms with Gasteiger partial charge >= 0.3 is 11.4 Å².